The van der Waals surface area contributed by atoms with Crippen molar-refractivity contribution in [3.8, 4) is 0 Å². The first kappa shape index (κ1) is 12.5. The van der Waals surface area contributed by atoms with Crippen molar-refractivity contribution in [2.24, 2.45) is 0 Å². The normalized spacial score (nSPS) is 12.7. The molecule has 1 atom stereocenters. The molecular weight excluding hydrogens is 230 g/mol. The quantitative estimate of drug-likeness (QED) is 0.811. The monoisotopic (exact) mass is 245 g/mol. The number of nitrogens with two attached hydrogens (primary N) is 1. The molecule has 84 valence electrons. The largest absolute Gasteiger partial charge is 0.399 e. The smallest absolute Gasteiger partial charge is 0.0500 e. The fourth-order valence-electron chi connectivity index (χ4n) is 1.23. The zero-order valence-corrected chi connectivity index (χ0v) is 10.4. The van der Waals surface area contributed by atoms with Gasteiger partial charge in [-0.25, -0.2) is 0 Å². The first-order valence-electron chi connectivity index (χ1n) is 5.02. The van der Waals surface area contributed by atoms with Crippen LogP contribution < -0.4 is 5.73 Å². The Balaban J connectivity index is 2.60. The van der Waals surface area contributed by atoms with Crippen LogP contribution >= 0.6 is 11.6 Å². The molecule has 0 saturated heterocycles. The lowest BCUT2D eigenvalue weighted by atomic mass is 10.2. The van der Waals surface area contributed by atoms with Crippen LogP contribution in [0, 0.1) is 0 Å². The molecule has 1 aromatic rings. The maximum absolute atomic E-state index is 11.6. The van der Waals surface area contributed by atoms with E-state index in [2.05, 4.69) is 6.92 Å². The zero-order valence-electron chi connectivity index (χ0n) is 8.83. The van der Waals surface area contributed by atoms with E-state index in [4.69, 9.17) is 17.3 Å². The first-order valence-corrected chi connectivity index (χ1v) is 6.89. The van der Waals surface area contributed by atoms with Crippen molar-refractivity contribution in [2.45, 2.75) is 25.5 Å². The molecule has 0 fully saturated rings. The summed E-state index contributed by atoms with van der Waals surface area (Å²) in [6, 6.07) is 5.34. The molecule has 0 aliphatic carbocycles. The molecule has 4 heteroatoms. The number of nitrogen functional groups attached to an aromatic ring is 1. The van der Waals surface area contributed by atoms with Gasteiger partial charge in [-0.15, -0.1) is 0 Å². The van der Waals surface area contributed by atoms with Gasteiger partial charge in [-0.1, -0.05) is 31.0 Å². The standard InChI is InChI=1S/C11H16ClNOS/c1-2-3-6-15(14)8-9-4-5-10(13)7-11(9)12/h4-5,7H,2-3,6,8,13H2,1H3. The predicted molar refractivity (Wildman–Crippen MR) is 67.5 cm³/mol. The summed E-state index contributed by atoms with van der Waals surface area (Å²) in [4.78, 5) is 0. The summed E-state index contributed by atoms with van der Waals surface area (Å²) in [5.41, 5.74) is 7.14. The molecule has 0 aromatic heterocycles. The Morgan fingerprint density at radius 1 is 1.47 bits per heavy atom. The fraction of sp³-hybridized carbons (Fsp3) is 0.455. The molecule has 1 aromatic carbocycles. The molecule has 0 saturated carbocycles. The Labute approximate surface area is 98.3 Å². The predicted octanol–water partition coefficient (Wildman–Crippen LogP) is 2.97. The Kier molecular flexibility index (Phi) is 5.12. The highest BCUT2D eigenvalue weighted by Gasteiger charge is 2.05. The van der Waals surface area contributed by atoms with Crippen LogP contribution in [0.3, 0.4) is 0 Å². The number of hydrogen-bond acceptors (Lipinski definition) is 2. The molecular formula is C11H16ClNOS. The lowest BCUT2D eigenvalue weighted by molar-refractivity contribution is 0.679. The summed E-state index contributed by atoms with van der Waals surface area (Å²) >= 11 is 5.99. The van der Waals surface area contributed by atoms with Crippen LogP contribution in [-0.4, -0.2) is 9.96 Å². The van der Waals surface area contributed by atoms with E-state index in [1.165, 1.54) is 0 Å². The van der Waals surface area contributed by atoms with Gasteiger partial charge in [0.2, 0.25) is 0 Å². The maximum atomic E-state index is 11.6. The minimum Gasteiger partial charge on any atom is -0.399 e. The summed E-state index contributed by atoms with van der Waals surface area (Å²) in [5, 5.41) is 0.611. The molecule has 0 aliphatic heterocycles. The van der Waals surface area contributed by atoms with Crippen LogP contribution in [-0.2, 0) is 16.6 Å². The van der Waals surface area contributed by atoms with Crippen molar-refractivity contribution in [1.82, 2.24) is 0 Å². The third-order valence-electron chi connectivity index (χ3n) is 2.12. The van der Waals surface area contributed by atoms with Gasteiger partial charge in [0.25, 0.3) is 0 Å². The number of benzene rings is 1. The van der Waals surface area contributed by atoms with Gasteiger partial charge in [0.05, 0.1) is 0 Å². The van der Waals surface area contributed by atoms with Gasteiger partial charge in [-0.05, 0) is 24.1 Å². The Morgan fingerprint density at radius 3 is 2.80 bits per heavy atom. The molecule has 0 radical (unpaired) electrons. The SMILES string of the molecule is CCCCS(=O)Cc1ccc(N)cc1Cl. The van der Waals surface area contributed by atoms with E-state index in [0.717, 1.165) is 24.2 Å². The van der Waals surface area contributed by atoms with Gasteiger partial charge < -0.3 is 5.73 Å². The van der Waals surface area contributed by atoms with Crippen LogP contribution in [0.2, 0.25) is 5.02 Å². The number of hydrogen-bond donors (Lipinski definition) is 1. The topological polar surface area (TPSA) is 43.1 Å². The van der Waals surface area contributed by atoms with Gasteiger partial charge >= 0.3 is 0 Å². The fourth-order valence-corrected chi connectivity index (χ4v) is 2.92. The van der Waals surface area contributed by atoms with Gasteiger partial charge in [0.1, 0.15) is 0 Å². The maximum Gasteiger partial charge on any atom is 0.0500 e. The van der Waals surface area contributed by atoms with Crippen molar-refractivity contribution in [2.75, 3.05) is 11.5 Å². The summed E-state index contributed by atoms with van der Waals surface area (Å²) < 4.78 is 11.6. The van der Waals surface area contributed by atoms with Crippen molar-refractivity contribution in [3.05, 3.63) is 28.8 Å². The van der Waals surface area contributed by atoms with E-state index < -0.39 is 10.8 Å². The molecule has 0 spiro atoms. The molecule has 0 heterocycles. The van der Waals surface area contributed by atoms with Crippen LogP contribution in [0.25, 0.3) is 0 Å². The number of halogens is 1. The van der Waals surface area contributed by atoms with Crippen LogP contribution in [0.15, 0.2) is 18.2 Å². The second kappa shape index (κ2) is 6.13. The number of unbranched alkanes of at least 4 members (excludes halogenated alkanes) is 1. The van der Waals surface area contributed by atoms with E-state index in [9.17, 15) is 4.21 Å². The Morgan fingerprint density at radius 2 is 2.20 bits per heavy atom. The van der Waals surface area contributed by atoms with Crippen molar-refractivity contribution >= 4 is 28.1 Å². The van der Waals surface area contributed by atoms with Crippen molar-refractivity contribution < 1.29 is 4.21 Å². The molecule has 1 unspecified atom stereocenters. The summed E-state index contributed by atoms with van der Waals surface area (Å²) in [6.07, 6.45) is 2.07. The molecule has 2 nitrogen and oxygen atoms in total. The minimum atomic E-state index is -0.813. The van der Waals surface area contributed by atoms with E-state index in [0.29, 0.717) is 16.5 Å². The van der Waals surface area contributed by atoms with E-state index >= 15 is 0 Å². The van der Waals surface area contributed by atoms with Gasteiger partial charge in [-0.3, -0.25) is 4.21 Å². The lowest BCUT2D eigenvalue weighted by Gasteiger charge is -2.05. The highest BCUT2D eigenvalue weighted by molar-refractivity contribution is 7.84. The van der Waals surface area contributed by atoms with Gasteiger partial charge in [0, 0.05) is 33.0 Å². The van der Waals surface area contributed by atoms with E-state index in [-0.39, 0.29) is 0 Å². The second-order valence-corrected chi connectivity index (χ2v) is 5.48. The summed E-state index contributed by atoms with van der Waals surface area (Å²) in [5.74, 6) is 1.27. The first-order chi connectivity index (χ1) is 7.13. The summed E-state index contributed by atoms with van der Waals surface area (Å²) in [6.45, 7) is 2.09. The third kappa shape index (κ3) is 4.22. The molecule has 0 bridgehead atoms. The van der Waals surface area contributed by atoms with E-state index in [1.807, 2.05) is 6.07 Å². The lowest BCUT2D eigenvalue weighted by Crippen LogP contribution is -2.01. The van der Waals surface area contributed by atoms with Crippen molar-refractivity contribution in [1.29, 1.82) is 0 Å². The average molecular weight is 246 g/mol. The van der Waals surface area contributed by atoms with Crippen LogP contribution in [0.5, 0.6) is 0 Å². The van der Waals surface area contributed by atoms with Crippen molar-refractivity contribution in [3.63, 3.8) is 0 Å². The zero-order chi connectivity index (χ0) is 11.3. The van der Waals surface area contributed by atoms with Crippen LogP contribution in [0.4, 0.5) is 5.69 Å². The van der Waals surface area contributed by atoms with Gasteiger partial charge in [-0.2, -0.15) is 0 Å². The second-order valence-electron chi connectivity index (χ2n) is 3.49. The van der Waals surface area contributed by atoms with E-state index in [1.54, 1.807) is 12.1 Å². The minimum absolute atomic E-state index is 0.527. The highest BCUT2D eigenvalue weighted by atomic mass is 35.5. The molecule has 0 aliphatic rings. The average Bonchev–Trinajstić information content (AvgIpc) is 2.19. The Hall–Kier alpha value is -0.540. The number of anilines is 1. The summed E-state index contributed by atoms with van der Waals surface area (Å²) in [7, 11) is -0.813. The molecule has 0 amide bonds. The van der Waals surface area contributed by atoms with Gasteiger partial charge in [0.15, 0.2) is 0 Å². The Bertz CT molecular complexity index is 354. The molecule has 2 N–H and O–H groups in total. The molecule has 1 rings (SSSR count). The highest BCUT2D eigenvalue weighted by Crippen LogP contribution is 2.20. The van der Waals surface area contributed by atoms with Crippen LogP contribution in [0.1, 0.15) is 25.3 Å². The third-order valence-corrected chi connectivity index (χ3v) is 3.85. The molecule has 15 heavy (non-hydrogen) atoms. The number of rotatable bonds is 5.